The molecule has 1 aromatic heterocycles. The summed E-state index contributed by atoms with van der Waals surface area (Å²) in [7, 11) is 0. The third-order valence-corrected chi connectivity index (χ3v) is 6.18. The van der Waals surface area contributed by atoms with Gasteiger partial charge in [-0.25, -0.2) is 0 Å². The molecular weight excluding hydrogens is 354 g/mol. The van der Waals surface area contributed by atoms with Crippen LogP contribution in [-0.4, -0.2) is 25.8 Å². The molecule has 0 spiro atoms. The van der Waals surface area contributed by atoms with E-state index in [-0.39, 0.29) is 11.0 Å². The minimum absolute atomic E-state index is 0.154. The Morgan fingerprint density at radius 2 is 1.89 bits per heavy atom. The number of fused-ring (bicyclic) bond motifs is 1. The molecule has 0 bridgehead atoms. The lowest BCUT2D eigenvalue weighted by atomic mass is 10.0. The molecule has 0 unspecified atom stereocenters. The maximum atomic E-state index is 12.9. The molecule has 0 amide bonds. The smallest absolute Gasteiger partial charge is 0.192 e. The van der Waals surface area contributed by atoms with Gasteiger partial charge in [0.25, 0.3) is 0 Å². The van der Waals surface area contributed by atoms with Crippen molar-refractivity contribution in [2.75, 3.05) is 0 Å². The predicted octanol–water partition coefficient (Wildman–Crippen LogP) is 4.82. The molecule has 27 heavy (non-hydrogen) atoms. The van der Waals surface area contributed by atoms with E-state index in [0.717, 1.165) is 41.5 Å². The number of nitrogens with zero attached hydrogens (tertiary/aromatic N) is 3. The molecule has 0 fully saturated rings. The molecule has 1 atom stereocenters. The average molecular weight is 378 g/mol. The fourth-order valence-electron chi connectivity index (χ4n) is 3.63. The summed E-state index contributed by atoms with van der Waals surface area (Å²) < 4.78 is 2.08. The van der Waals surface area contributed by atoms with Gasteiger partial charge >= 0.3 is 0 Å². The van der Waals surface area contributed by atoms with Crippen LogP contribution in [0.1, 0.15) is 41.8 Å². The Hall–Kier alpha value is -2.40. The number of hydrogen-bond donors (Lipinski definition) is 0. The number of Topliss-reactive ketones (excluding diaryl/α,β-unsaturated/α-hetero) is 1. The van der Waals surface area contributed by atoms with Crippen molar-refractivity contribution in [3.63, 3.8) is 0 Å². The molecule has 0 aliphatic heterocycles. The highest BCUT2D eigenvalue weighted by Gasteiger charge is 2.22. The summed E-state index contributed by atoms with van der Waals surface area (Å²) in [5.74, 6) is 0.999. The van der Waals surface area contributed by atoms with E-state index in [1.165, 1.54) is 29.3 Å². The topological polar surface area (TPSA) is 47.8 Å². The van der Waals surface area contributed by atoms with Crippen LogP contribution in [0.5, 0.6) is 0 Å². The second-order valence-corrected chi connectivity index (χ2v) is 8.19. The number of ketones is 1. The van der Waals surface area contributed by atoms with Gasteiger partial charge in [-0.05, 0) is 50.3 Å². The second-order valence-electron chi connectivity index (χ2n) is 6.88. The predicted molar refractivity (Wildman–Crippen MR) is 109 cm³/mol. The number of rotatable bonds is 6. The lowest BCUT2D eigenvalue weighted by molar-refractivity contribution is 0.0993. The standard InChI is InChI=1S/C22H23N3OS/c1-3-25-21(17-8-5-4-6-9-17)23-24-22(25)27-15(2)20(26)19-13-12-16-10-7-11-18(16)14-19/h4-6,8-9,12-15H,3,7,10-11H2,1-2H3/t15-/m0/s1. The summed E-state index contributed by atoms with van der Waals surface area (Å²) in [4.78, 5) is 12.9. The molecule has 0 radical (unpaired) electrons. The number of benzene rings is 2. The van der Waals surface area contributed by atoms with E-state index in [1.807, 2.05) is 43.3 Å². The average Bonchev–Trinajstić information content (AvgIpc) is 3.33. The van der Waals surface area contributed by atoms with Gasteiger partial charge in [-0.2, -0.15) is 0 Å². The van der Waals surface area contributed by atoms with Crippen molar-refractivity contribution in [1.82, 2.24) is 14.8 Å². The number of carbonyl (C=O) groups excluding carboxylic acids is 1. The van der Waals surface area contributed by atoms with Crippen molar-refractivity contribution in [3.8, 4) is 11.4 Å². The van der Waals surface area contributed by atoms with Gasteiger partial charge in [-0.3, -0.25) is 4.79 Å². The first-order chi connectivity index (χ1) is 13.2. The van der Waals surface area contributed by atoms with E-state index in [0.29, 0.717) is 0 Å². The van der Waals surface area contributed by atoms with Crippen LogP contribution in [0.3, 0.4) is 0 Å². The van der Waals surface area contributed by atoms with E-state index >= 15 is 0 Å². The first-order valence-corrected chi connectivity index (χ1v) is 10.4. The second kappa shape index (κ2) is 7.69. The van der Waals surface area contributed by atoms with Crippen LogP contribution in [-0.2, 0) is 19.4 Å². The van der Waals surface area contributed by atoms with Gasteiger partial charge in [0.05, 0.1) is 5.25 Å². The van der Waals surface area contributed by atoms with Gasteiger partial charge in [0, 0.05) is 17.7 Å². The molecule has 5 heteroatoms. The van der Waals surface area contributed by atoms with Crippen LogP contribution >= 0.6 is 11.8 Å². The summed E-state index contributed by atoms with van der Waals surface area (Å²) in [6.45, 7) is 4.79. The number of thioether (sulfide) groups is 1. The van der Waals surface area contributed by atoms with Gasteiger partial charge in [0.2, 0.25) is 0 Å². The Balaban J connectivity index is 1.55. The molecule has 0 saturated carbocycles. The summed E-state index contributed by atoms with van der Waals surface area (Å²) in [6, 6.07) is 16.2. The molecule has 1 aliphatic rings. The number of aromatic nitrogens is 3. The Labute approximate surface area is 164 Å². The highest BCUT2D eigenvalue weighted by atomic mass is 32.2. The van der Waals surface area contributed by atoms with Crippen LogP contribution in [0.15, 0.2) is 53.7 Å². The van der Waals surface area contributed by atoms with E-state index in [4.69, 9.17) is 0 Å². The van der Waals surface area contributed by atoms with Crippen molar-refractivity contribution < 1.29 is 4.79 Å². The van der Waals surface area contributed by atoms with Crippen molar-refractivity contribution in [1.29, 1.82) is 0 Å². The highest BCUT2D eigenvalue weighted by molar-refractivity contribution is 8.00. The van der Waals surface area contributed by atoms with Crippen molar-refractivity contribution in [2.24, 2.45) is 0 Å². The van der Waals surface area contributed by atoms with Gasteiger partial charge in [0.1, 0.15) is 0 Å². The SMILES string of the molecule is CCn1c(S[C@@H](C)C(=O)c2ccc3c(c2)CCC3)nnc1-c1ccccc1. The van der Waals surface area contributed by atoms with E-state index < -0.39 is 0 Å². The summed E-state index contributed by atoms with van der Waals surface area (Å²) in [6.07, 6.45) is 3.41. The lowest BCUT2D eigenvalue weighted by Crippen LogP contribution is -2.15. The van der Waals surface area contributed by atoms with Gasteiger partial charge in [0.15, 0.2) is 16.8 Å². The molecule has 138 valence electrons. The van der Waals surface area contributed by atoms with Gasteiger partial charge < -0.3 is 4.57 Å². The quantitative estimate of drug-likeness (QED) is 0.456. The molecular formula is C22H23N3OS. The Kier molecular flexibility index (Phi) is 5.12. The highest BCUT2D eigenvalue weighted by Crippen LogP contribution is 2.29. The van der Waals surface area contributed by atoms with Crippen LogP contribution in [0.4, 0.5) is 0 Å². The van der Waals surface area contributed by atoms with Crippen molar-refractivity contribution in [3.05, 3.63) is 65.2 Å². The maximum absolute atomic E-state index is 12.9. The van der Waals surface area contributed by atoms with Crippen LogP contribution < -0.4 is 0 Å². The molecule has 2 aromatic carbocycles. The first-order valence-electron chi connectivity index (χ1n) is 9.48. The molecule has 0 saturated heterocycles. The maximum Gasteiger partial charge on any atom is 0.192 e. The monoisotopic (exact) mass is 377 g/mol. The Morgan fingerprint density at radius 3 is 2.67 bits per heavy atom. The Morgan fingerprint density at radius 1 is 1.11 bits per heavy atom. The molecule has 1 aliphatic carbocycles. The Bertz CT molecular complexity index is 965. The largest absolute Gasteiger partial charge is 0.302 e. The molecule has 0 N–H and O–H groups in total. The molecule has 4 nitrogen and oxygen atoms in total. The number of aryl methyl sites for hydroxylation is 2. The fourth-order valence-corrected chi connectivity index (χ4v) is 4.62. The zero-order valence-electron chi connectivity index (χ0n) is 15.7. The lowest BCUT2D eigenvalue weighted by Gasteiger charge is -2.12. The van der Waals surface area contributed by atoms with E-state index in [2.05, 4.69) is 33.8 Å². The van der Waals surface area contributed by atoms with Gasteiger partial charge in [-0.1, -0.05) is 54.2 Å². The first kappa shape index (κ1) is 18.0. The molecule has 1 heterocycles. The summed E-state index contributed by atoms with van der Waals surface area (Å²) in [5, 5.41) is 9.32. The normalized spacial score (nSPS) is 14.1. The zero-order chi connectivity index (χ0) is 18.8. The zero-order valence-corrected chi connectivity index (χ0v) is 16.5. The summed E-state index contributed by atoms with van der Waals surface area (Å²) in [5.41, 5.74) is 4.57. The minimum Gasteiger partial charge on any atom is -0.302 e. The van der Waals surface area contributed by atoms with Crippen LogP contribution in [0, 0.1) is 0 Å². The minimum atomic E-state index is -0.206. The number of carbonyl (C=O) groups is 1. The van der Waals surface area contributed by atoms with Crippen LogP contribution in [0.25, 0.3) is 11.4 Å². The van der Waals surface area contributed by atoms with Gasteiger partial charge in [-0.15, -0.1) is 10.2 Å². The number of hydrogen-bond acceptors (Lipinski definition) is 4. The van der Waals surface area contributed by atoms with E-state index in [9.17, 15) is 4.79 Å². The third kappa shape index (κ3) is 3.56. The summed E-state index contributed by atoms with van der Waals surface area (Å²) >= 11 is 1.49. The van der Waals surface area contributed by atoms with E-state index in [1.54, 1.807) is 0 Å². The molecule has 3 aromatic rings. The van der Waals surface area contributed by atoms with Crippen molar-refractivity contribution >= 4 is 17.5 Å². The third-order valence-electron chi connectivity index (χ3n) is 5.10. The molecule has 4 rings (SSSR count). The fraction of sp³-hybridized carbons (Fsp3) is 0.318. The van der Waals surface area contributed by atoms with Crippen molar-refractivity contribution in [2.45, 2.75) is 50.1 Å². The van der Waals surface area contributed by atoms with Crippen LogP contribution in [0.2, 0.25) is 0 Å².